The molecule has 0 bridgehead atoms. The number of hydrogen-bond acceptors (Lipinski definition) is 3. The van der Waals surface area contributed by atoms with Gasteiger partial charge in [-0.2, -0.15) is 0 Å². The molecule has 0 aromatic heterocycles. The van der Waals surface area contributed by atoms with Gasteiger partial charge in [-0.1, -0.05) is 11.6 Å². The standard InChI is InChI=1S/C16H22ClNO3/c1-16(9-3-12-21-16)15(19)18(2)10-4-11-20-14-7-5-13(17)6-8-14/h5-8H,3-4,9-12H2,1-2H3. The highest BCUT2D eigenvalue weighted by Crippen LogP contribution is 2.26. The second-order valence-electron chi connectivity index (χ2n) is 5.57. The molecule has 2 rings (SSSR count). The van der Waals surface area contributed by atoms with Gasteiger partial charge in [0, 0.05) is 25.2 Å². The topological polar surface area (TPSA) is 38.8 Å². The van der Waals surface area contributed by atoms with Gasteiger partial charge in [0.25, 0.3) is 5.91 Å². The Kier molecular flexibility index (Phi) is 5.48. The molecule has 0 saturated carbocycles. The van der Waals surface area contributed by atoms with Gasteiger partial charge >= 0.3 is 0 Å². The zero-order chi connectivity index (χ0) is 15.3. The van der Waals surface area contributed by atoms with Gasteiger partial charge in [0.15, 0.2) is 0 Å². The van der Waals surface area contributed by atoms with Crippen molar-refractivity contribution in [1.82, 2.24) is 4.90 Å². The van der Waals surface area contributed by atoms with Gasteiger partial charge in [0.2, 0.25) is 0 Å². The molecule has 1 heterocycles. The van der Waals surface area contributed by atoms with Crippen molar-refractivity contribution in [3.8, 4) is 5.75 Å². The predicted octanol–water partition coefficient (Wildman–Crippen LogP) is 3.14. The van der Waals surface area contributed by atoms with Crippen LogP contribution in [0.1, 0.15) is 26.2 Å². The van der Waals surface area contributed by atoms with Gasteiger partial charge < -0.3 is 14.4 Å². The Hall–Kier alpha value is -1.26. The average Bonchev–Trinajstić information content (AvgIpc) is 2.92. The molecule has 0 N–H and O–H groups in total. The molecule has 1 atom stereocenters. The third-order valence-corrected chi connectivity index (χ3v) is 3.99. The highest BCUT2D eigenvalue weighted by Gasteiger charge is 2.39. The molecule has 5 heteroatoms. The van der Waals surface area contributed by atoms with E-state index < -0.39 is 5.60 Å². The Balaban J connectivity index is 1.70. The summed E-state index contributed by atoms with van der Waals surface area (Å²) in [6, 6.07) is 7.27. The summed E-state index contributed by atoms with van der Waals surface area (Å²) < 4.78 is 11.2. The number of amides is 1. The number of hydrogen-bond donors (Lipinski definition) is 0. The first-order chi connectivity index (χ1) is 10.0. The molecule has 0 aliphatic carbocycles. The fourth-order valence-corrected chi connectivity index (χ4v) is 2.60. The van der Waals surface area contributed by atoms with E-state index in [-0.39, 0.29) is 5.91 Å². The largest absolute Gasteiger partial charge is 0.494 e. The average molecular weight is 312 g/mol. The van der Waals surface area contributed by atoms with Crippen molar-refractivity contribution in [2.24, 2.45) is 0 Å². The summed E-state index contributed by atoms with van der Waals surface area (Å²) in [6.45, 7) is 3.78. The first-order valence-electron chi connectivity index (χ1n) is 7.29. The van der Waals surface area contributed by atoms with Crippen LogP contribution in [0, 0.1) is 0 Å². The SMILES string of the molecule is CN(CCCOc1ccc(Cl)cc1)C(=O)C1(C)CCCO1. The Bertz CT molecular complexity index is 469. The van der Waals surface area contributed by atoms with Gasteiger partial charge in [0.05, 0.1) is 6.61 Å². The van der Waals surface area contributed by atoms with Crippen LogP contribution >= 0.6 is 11.6 Å². The molecule has 1 aliphatic heterocycles. The molecule has 0 radical (unpaired) electrons. The van der Waals surface area contributed by atoms with Crippen LogP contribution in [-0.4, -0.2) is 43.2 Å². The molecule has 1 amide bonds. The zero-order valence-electron chi connectivity index (χ0n) is 12.6. The molecule has 1 aromatic rings. The smallest absolute Gasteiger partial charge is 0.254 e. The molecule has 116 valence electrons. The summed E-state index contributed by atoms with van der Waals surface area (Å²) in [6.07, 6.45) is 2.54. The lowest BCUT2D eigenvalue weighted by molar-refractivity contribution is -0.149. The van der Waals surface area contributed by atoms with Crippen LogP contribution in [0.2, 0.25) is 5.02 Å². The van der Waals surface area contributed by atoms with Crippen LogP contribution in [0.4, 0.5) is 0 Å². The van der Waals surface area contributed by atoms with Gasteiger partial charge in [-0.05, 0) is 50.5 Å². The van der Waals surface area contributed by atoms with Gasteiger partial charge in [-0.25, -0.2) is 0 Å². The maximum Gasteiger partial charge on any atom is 0.254 e. The van der Waals surface area contributed by atoms with E-state index in [2.05, 4.69) is 0 Å². The highest BCUT2D eigenvalue weighted by molar-refractivity contribution is 6.30. The zero-order valence-corrected chi connectivity index (χ0v) is 13.4. The summed E-state index contributed by atoms with van der Waals surface area (Å²) >= 11 is 5.81. The molecule has 0 spiro atoms. The lowest BCUT2D eigenvalue weighted by Crippen LogP contribution is -2.45. The van der Waals surface area contributed by atoms with E-state index in [0.29, 0.717) is 24.8 Å². The van der Waals surface area contributed by atoms with Crippen molar-refractivity contribution in [3.05, 3.63) is 29.3 Å². The number of rotatable bonds is 6. The van der Waals surface area contributed by atoms with Gasteiger partial charge in [0.1, 0.15) is 11.4 Å². The number of likely N-dealkylation sites (N-methyl/N-ethyl adjacent to an activating group) is 1. The van der Waals surface area contributed by atoms with Crippen LogP contribution in [0.3, 0.4) is 0 Å². The summed E-state index contributed by atoms with van der Waals surface area (Å²) in [5.74, 6) is 0.853. The van der Waals surface area contributed by atoms with E-state index >= 15 is 0 Å². The Morgan fingerprint density at radius 1 is 1.43 bits per heavy atom. The molecule has 1 aromatic carbocycles. The number of carbonyl (C=O) groups excluding carboxylic acids is 1. The van der Waals surface area contributed by atoms with Crippen LogP contribution in [-0.2, 0) is 9.53 Å². The van der Waals surface area contributed by atoms with Crippen molar-refractivity contribution < 1.29 is 14.3 Å². The fourth-order valence-electron chi connectivity index (χ4n) is 2.48. The van der Waals surface area contributed by atoms with Crippen molar-refractivity contribution in [2.45, 2.75) is 31.8 Å². The molecule has 1 aliphatic rings. The van der Waals surface area contributed by atoms with E-state index in [9.17, 15) is 4.79 Å². The number of halogens is 1. The van der Waals surface area contributed by atoms with E-state index in [1.165, 1.54) is 0 Å². The molecular weight excluding hydrogens is 290 g/mol. The predicted molar refractivity (Wildman–Crippen MR) is 82.8 cm³/mol. The lowest BCUT2D eigenvalue weighted by atomic mass is 10.0. The monoisotopic (exact) mass is 311 g/mol. The van der Waals surface area contributed by atoms with Crippen molar-refractivity contribution in [1.29, 1.82) is 0 Å². The van der Waals surface area contributed by atoms with Crippen molar-refractivity contribution in [2.75, 3.05) is 26.8 Å². The maximum atomic E-state index is 12.3. The van der Waals surface area contributed by atoms with E-state index in [0.717, 1.165) is 25.0 Å². The first-order valence-corrected chi connectivity index (χ1v) is 7.67. The Morgan fingerprint density at radius 2 is 2.14 bits per heavy atom. The van der Waals surface area contributed by atoms with Crippen LogP contribution in [0.25, 0.3) is 0 Å². The minimum absolute atomic E-state index is 0.0616. The Morgan fingerprint density at radius 3 is 2.76 bits per heavy atom. The number of nitrogens with zero attached hydrogens (tertiary/aromatic N) is 1. The first kappa shape index (κ1) is 16.1. The summed E-state index contributed by atoms with van der Waals surface area (Å²) in [5.41, 5.74) is -0.633. The third-order valence-electron chi connectivity index (χ3n) is 3.74. The van der Waals surface area contributed by atoms with E-state index in [1.54, 1.807) is 17.0 Å². The van der Waals surface area contributed by atoms with Gasteiger partial charge in [-0.3, -0.25) is 4.79 Å². The fraction of sp³-hybridized carbons (Fsp3) is 0.562. The van der Waals surface area contributed by atoms with Gasteiger partial charge in [-0.15, -0.1) is 0 Å². The highest BCUT2D eigenvalue weighted by atomic mass is 35.5. The number of carbonyl (C=O) groups is 1. The second-order valence-corrected chi connectivity index (χ2v) is 6.00. The number of benzene rings is 1. The molecule has 4 nitrogen and oxygen atoms in total. The quantitative estimate of drug-likeness (QED) is 0.758. The second kappa shape index (κ2) is 7.14. The van der Waals surface area contributed by atoms with Crippen molar-refractivity contribution in [3.63, 3.8) is 0 Å². The minimum atomic E-state index is -0.633. The minimum Gasteiger partial charge on any atom is -0.494 e. The summed E-state index contributed by atoms with van der Waals surface area (Å²) in [4.78, 5) is 14.0. The number of ether oxygens (including phenoxy) is 2. The molecular formula is C16H22ClNO3. The molecule has 1 fully saturated rings. The third kappa shape index (κ3) is 4.35. The van der Waals surface area contributed by atoms with Crippen LogP contribution in [0.5, 0.6) is 5.75 Å². The normalized spacial score (nSPS) is 21.3. The molecule has 1 unspecified atom stereocenters. The Labute approximate surface area is 131 Å². The van der Waals surface area contributed by atoms with Crippen molar-refractivity contribution >= 4 is 17.5 Å². The van der Waals surface area contributed by atoms with Crippen LogP contribution in [0.15, 0.2) is 24.3 Å². The maximum absolute atomic E-state index is 12.3. The lowest BCUT2D eigenvalue weighted by Gasteiger charge is -2.28. The van der Waals surface area contributed by atoms with Crippen LogP contribution < -0.4 is 4.74 Å². The molecule has 1 saturated heterocycles. The van der Waals surface area contributed by atoms with E-state index in [4.69, 9.17) is 21.1 Å². The summed E-state index contributed by atoms with van der Waals surface area (Å²) in [7, 11) is 1.82. The van der Waals surface area contributed by atoms with E-state index in [1.807, 2.05) is 26.1 Å². The molecule has 21 heavy (non-hydrogen) atoms. The summed E-state index contributed by atoms with van der Waals surface area (Å²) in [5, 5.41) is 0.692.